The Kier molecular flexibility index (Phi) is 6.46. The summed E-state index contributed by atoms with van der Waals surface area (Å²) in [5.41, 5.74) is -1.59. The van der Waals surface area contributed by atoms with Crippen molar-refractivity contribution in [3.05, 3.63) is 54.0 Å². The molecule has 230 valence electrons. The van der Waals surface area contributed by atoms with Gasteiger partial charge in [-0.15, -0.1) is 0 Å². The molecule has 6 heterocycles. The van der Waals surface area contributed by atoms with Crippen LogP contribution in [-0.2, 0) is 6.18 Å². The predicted molar refractivity (Wildman–Crippen MR) is 156 cm³/mol. The second-order valence-electron chi connectivity index (χ2n) is 12.6. The zero-order valence-electron chi connectivity index (χ0n) is 23.9. The van der Waals surface area contributed by atoms with E-state index in [0.717, 1.165) is 38.3 Å². The third kappa shape index (κ3) is 4.56. The summed E-state index contributed by atoms with van der Waals surface area (Å²) in [6.45, 7) is 2.65. The number of hydrogen-bond donors (Lipinski definition) is 1. The van der Waals surface area contributed by atoms with Gasteiger partial charge in [0.1, 0.15) is 29.8 Å². The van der Waals surface area contributed by atoms with Crippen molar-refractivity contribution < 1.29 is 26.7 Å². The van der Waals surface area contributed by atoms with Crippen molar-refractivity contribution in [2.75, 3.05) is 37.7 Å². The van der Waals surface area contributed by atoms with Crippen LogP contribution in [0, 0.1) is 5.82 Å². The van der Waals surface area contributed by atoms with E-state index < -0.39 is 29.3 Å². The minimum atomic E-state index is -4.65. The maximum absolute atomic E-state index is 16.6. The molecule has 0 radical (unpaired) electrons. The number of rotatable bonds is 5. The molecule has 2 aromatic carbocycles. The highest BCUT2D eigenvalue weighted by atomic mass is 19.4. The van der Waals surface area contributed by atoms with Crippen LogP contribution in [0.1, 0.15) is 37.7 Å². The molecule has 4 saturated heterocycles. The van der Waals surface area contributed by atoms with Crippen LogP contribution in [-0.4, -0.2) is 76.4 Å². The Morgan fingerprint density at radius 3 is 2.57 bits per heavy atom. The van der Waals surface area contributed by atoms with Gasteiger partial charge in [-0.2, -0.15) is 23.1 Å². The summed E-state index contributed by atoms with van der Waals surface area (Å²) in [5.74, 6) is -0.366. The van der Waals surface area contributed by atoms with Crippen molar-refractivity contribution in [3.63, 3.8) is 0 Å². The monoisotopic (exact) mass is 610 g/mol. The number of ether oxygens (including phenoxy) is 1. The second kappa shape index (κ2) is 10.2. The van der Waals surface area contributed by atoms with Gasteiger partial charge < -0.3 is 15.0 Å². The van der Waals surface area contributed by atoms with E-state index in [9.17, 15) is 17.6 Å². The van der Waals surface area contributed by atoms with Crippen LogP contribution in [0.25, 0.3) is 32.9 Å². The van der Waals surface area contributed by atoms with E-state index in [1.165, 1.54) is 18.3 Å². The van der Waals surface area contributed by atoms with E-state index in [4.69, 9.17) is 9.72 Å². The predicted octanol–water partition coefficient (Wildman–Crippen LogP) is 5.90. The fourth-order valence-electron chi connectivity index (χ4n) is 7.91. The molecule has 2 unspecified atom stereocenters. The Morgan fingerprint density at radius 1 is 1.02 bits per heavy atom. The summed E-state index contributed by atoms with van der Waals surface area (Å²) in [6.07, 6.45) is 0.0151. The largest absolute Gasteiger partial charge is 0.461 e. The van der Waals surface area contributed by atoms with Gasteiger partial charge in [0.2, 0.25) is 0 Å². The van der Waals surface area contributed by atoms with E-state index in [1.54, 1.807) is 18.2 Å². The Hall–Kier alpha value is -3.64. The number of piperazine rings is 1. The summed E-state index contributed by atoms with van der Waals surface area (Å²) in [5, 5.41) is 4.14. The first-order valence-electron chi connectivity index (χ1n) is 15.2. The molecule has 0 aliphatic carbocycles. The molecule has 2 aromatic heterocycles. The van der Waals surface area contributed by atoms with E-state index in [-0.39, 0.29) is 46.9 Å². The lowest BCUT2D eigenvalue weighted by Gasteiger charge is -2.34. The highest BCUT2D eigenvalue weighted by Crippen LogP contribution is 2.43. The molecule has 12 heteroatoms. The molecule has 0 amide bonds. The lowest BCUT2D eigenvalue weighted by molar-refractivity contribution is -0.136. The maximum atomic E-state index is 16.6. The Labute approximate surface area is 250 Å². The number of benzene rings is 2. The summed E-state index contributed by atoms with van der Waals surface area (Å²) < 4.78 is 79.5. The first kappa shape index (κ1) is 27.9. The fraction of sp³-hybridized carbons (Fsp3) is 0.469. The van der Waals surface area contributed by atoms with Crippen molar-refractivity contribution in [2.24, 2.45) is 0 Å². The number of alkyl halides is 4. The van der Waals surface area contributed by atoms with Crippen molar-refractivity contribution in [2.45, 2.75) is 62.1 Å². The number of anilines is 1. The van der Waals surface area contributed by atoms with E-state index >= 15 is 4.39 Å². The van der Waals surface area contributed by atoms with Crippen molar-refractivity contribution in [3.8, 4) is 17.3 Å². The SMILES string of the molecule is Fc1c(-c2cccc3cccc(C(F)(F)F)c23)ncc2c(N3CC4CCC(C3)N4)nc(OC[C@@]34CCCN3C[C@H](F)C4)nc12. The lowest BCUT2D eigenvalue weighted by Crippen LogP contribution is -2.51. The van der Waals surface area contributed by atoms with Crippen LogP contribution < -0.4 is 15.0 Å². The second-order valence-corrected chi connectivity index (χ2v) is 12.6. The number of hydrogen-bond acceptors (Lipinski definition) is 7. The molecule has 4 aliphatic rings. The molecule has 0 saturated carbocycles. The van der Waals surface area contributed by atoms with E-state index in [1.807, 2.05) is 0 Å². The zero-order valence-corrected chi connectivity index (χ0v) is 23.9. The average Bonchev–Trinajstić information content (AvgIpc) is 3.65. The van der Waals surface area contributed by atoms with Crippen molar-refractivity contribution >= 4 is 27.5 Å². The van der Waals surface area contributed by atoms with E-state index in [0.29, 0.717) is 42.6 Å². The van der Waals surface area contributed by atoms with Gasteiger partial charge in [-0.3, -0.25) is 9.88 Å². The Balaban J connectivity index is 1.26. The molecule has 8 rings (SSSR count). The minimum absolute atomic E-state index is 0.0260. The summed E-state index contributed by atoms with van der Waals surface area (Å²) in [7, 11) is 0. The molecule has 2 bridgehead atoms. The average molecular weight is 611 g/mol. The third-order valence-electron chi connectivity index (χ3n) is 9.86. The van der Waals surface area contributed by atoms with Gasteiger partial charge in [-0.25, -0.2) is 8.78 Å². The van der Waals surface area contributed by atoms with Crippen LogP contribution >= 0.6 is 0 Å². The normalized spacial score (nSPS) is 27.0. The van der Waals surface area contributed by atoms with Gasteiger partial charge in [0.15, 0.2) is 5.82 Å². The van der Waals surface area contributed by atoms with Gasteiger partial charge in [0.25, 0.3) is 0 Å². The maximum Gasteiger partial charge on any atom is 0.417 e. The molecule has 7 nitrogen and oxygen atoms in total. The standard InChI is InChI=1S/C32H31F5N6O/c33-19-12-31(10-3-11-43(31)14-19)17-44-30-40-28-23(29(41-30)42-15-20-8-9-21(16-42)39-20)13-38-27(26(28)34)22-6-1-4-18-5-2-7-24(25(18)22)32(35,36)37/h1-2,4-7,13,19-21,39H,3,8-12,14-17H2/t19-,20?,21?,31+/m1/s1. The number of pyridine rings is 1. The highest BCUT2D eigenvalue weighted by molar-refractivity contribution is 6.01. The van der Waals surface area contributed by atoms with Gasteiger partial charge in [0.05, 0.1) is 16.5 Å². The summed E-state index contributed by atoms with van der Waals surface area (Å²) in [4.78, 5) is 17.8. The van der Waals surface area contributed by atoms with Crippen LogP contribution in [0.4, 0.5) is 27.8 Å². The zero-order chi connectivity index (χ0) is 30.2. The molecule has 0 spiro atoms. The third-order valence-corrected chi connectivity index (χ3v) is 9.86. The highest BCUT2D eigenvalue weighted by Gasteiger charge is 2.49. The van der Waals surface area contributed by atoms with Crippen LogP contribution in [0.2, 0.25) is 0 Å². The van der Waals surface area contributed by atoms with Crippen molar-refractivity contribution in [1.82, 2.24) is 25.2 Å². The molecule has 4 atom stereocenters. The lowest BCUT2D eigenvalue weighted by atomic mass is 9.95. The molecule has 4 aliphatic heterocycles. The summed E-state index contributed by atoms with van der Waals surface area (Å²) in [6, 6.07) is 8.99. The number of nitrogens with zero attached hydrogens (tertiary/aromatic N) is 5. The summed E-state index contributed by atoms with van der Waals surface area (Å²) >= 11 is 0. The Bertz CT molecular complexity index is 1750. The topological polar surface area (TPSA) is 66.4 Å². The molecular weight excluding hydrogens is 579 g/mol. The molecule has 1 N–H and O–H groups in total. The minimum Gasteiger partial charge on any atom is -0.461 e. The molecular formula is C32H31F5N6O. The van der Waals surface area contributed by atoms with Crippen LogP contribution in [0.15, 0.2) is 42.6 Å². The van der Waals surface area contributed by atoms with Gasteiger partial charge >= 0.3 is 12.2 Å². The first-order valence-corrected chi connectivity index (χ1v) is 15.2. The first-order chi connectivity index (χ1) is 21.2. The number of halogens is 5. The Morgan fingerprint density at radius 2 is 1.80 bits per heavy atom. The number of nitrogens with one attached hydrogen (secondary N) is 1. The molecule has 4 fully saturated rings. The number of aromatic nitrogens is 3. The van der Waals surface area contributed by atoms with Crippen LogP contribution in [0.3, 0.4) is 0 Å². The van der Waals surface area contributed by atoms with Gasteiger partial charge in [-0.05, 0) is 43.7 Å². The van der Waals surface area contributed by atoms with Gasteiger partial charge in [-0.1, -0.05) is 30.3 Å². The van der Waals surface area contributed by atoms with Crippen LogP contribution in [0.5, 0.6) is 6.01 Å². The van der Waals surface area contributed by atoms with E-state index in [2.05, 4.69) is 25.1 Å². The molecule has 4 aromatic rings. The number of fused-ring (bicyclic) bond motifs is 5. The molecule has 44 heavy (non-hydrogen) atoms. The quantitative estimate of drug-likeness (QED) is 0.283. The fourth-order valence-corrected chi connectivity index (χ4v) is 7.91. The van der Waals surface area contributed by atoms with Gasteiger partial charge in [0, 0.05) is 55.3 Å². The van der Waals surface area contributed by atoms with Crippen molar-refractivity contribution in [1.29, 1.82) is 0 Å². The smallest absolute Gasteiger partial charge is 0.417 e.